The number of aryl methyl sites for hydroxylation is 1. The number of alkyl halides is 6. The fourth-order valence-corrected chi connectivity index (χ4v) is 1.11. The summed E-state index contributed by atoms with van der Waals surface area (Å²) in [4.78, 5) is 0. The Morgan fingerprint density at radius 1 is 0.889 bits per heavy atom. The summed E-state index contributed by atoms with van der Waals surface area (Å²) in [6, 6.07) is 1.46. The molecular weight excluding hydrogens is 260 g/mol. The number of nitrogens with two attached hydrogens (primary N) is 1. The van der Waals surface area contributed by atoms with Gasteiger partial charge in [-0.05, 0) is 37.2 Å². The lowest BCUT2D eigenvalue weighted by Gasteiger charge is -2.12. The van der Waals surface area contributed by atoms with Crippen LogP contribution in [0.2, 0.25) is 0 Å². The molecule has 1 aromatic rings. The molecule has 0 radical (unpaired) electrons. The summed E-state index contributed by atoms with van der Waals surface area (Å²) < 4.78 is 73.0. The van der Waals surface area contributed by atoms with Crippen molar-refractivity contribution >= 4 is 0 Å². The van der Waals surface area contributed by atoms with E-state index in [0.29, 0.717) is 12.1 Å². The van der Waals surface area contributed by atoms with Crippen molar-refractivity contribution in [3.63, 3.8) is 0 Å². The molecule has 1 aromatic carbocycles. The molecule has 2 N–H and O–H groups in total. The van der Waals surface area contributed by atoms with Gasteiger partial charge < -0.3 is 5.73 Å². The van der Waals surface area contributed by atoms with E-state index in [1.165, 1.54) is 6.92 Å². The fourth-order valence-electron chi connectivity index (χ4n) is 1.11. The van der Waals surface area contributed by atoms with E-state index in [9.17, 15) is 26.3 Å². The van der Waals surface area contributed by atoms with Gasteiger partial charge in [-0.2, -0.15) is 26.3 Å². The zero-order valence-electron chi connectivity index (χ0n) is 9.78. The highest BCUT2D eigenvalue weighted by Crippen LogP contribution is 2.35. The highest BCUT2D eigenvalue weighted by Gasteiger charge is 2.36. The molecular formula is C11H13F6N. The first-order chi connectivity index (χ1) is 8.02. The number of benzene rings is 1. The van der Waals surface area contributed by atoms with Crippen molar-refractivity contribution in [2.45, 2.75) is 26.2 Å². The average Bonchev–Trinajstić information content (AvgIpc) is 2.15. The van der Waals surface area contributed by atoms with E-state index in [-0.39, 0.29) is 11.6 Å². The van der Waals surface area contributed by atoms with Crippen LogP contribution in [0.15, 0.2) is 18.2 Å². The zero-order valence-corrected chi connectivity index (χ0v) is 9.78. The third kappa shape index (κ3) is 5.39. The molecule has 0 unspecified atom stereocenters. The molecule has 0 atom stereocenters. The zero-order chi connectivity index (χ0) is 14.6. The van der Waals surface area contributed by atoms with Crippen LogP contribution >= 0.6 is 0 Å². The SMILES string of the molecule is CCN.Cc1cc(C(F)(F)F)cc(C(F)(F)F)c1. The molecule has 0 fully saturated rings. The van der Waals surface area contributed by atoms with E-state index >= 15 is 0 Å². The summed E-state index contributed by atoms with van der Waals surface area (Å²) in [5, 5.41) is 0. The van der Waals surface area contributed by atoms with E-state index in [1.807, 2.05) is 6.92 Å². The van der Waals surface area contributed by atoms with Crippen LogP contribution in [0.25, 0.3) is 0 Å². The van der Waals surface area contributed by atoms with Crippen molar-refractivity contribution in [2.75, 3.05) is 6.54 Å². The first kappa shape index (κ1) is 16.8. The Morgan fingerprint density at radius 3 is 1.39 bits per heavy atom. The molecule has 0 aliphatic heterocycles. The largest absolute Gasteiger partial charge is 0.416 e. The summed E-state index contributed by atoms with van der Waals surface area (Å²) >= 11 is 0. The van der Waals surface area contributed by atoms with Gasteiger partial charge in [-0.15, -0.1) is 0 Å². The second kappa shape index (κ2) is 6.08. The van der Waals surface area contributed by atoms with Gasteiger partial charge in [-0.25, -0.2) is 0 Å². The van der Waals surface area contributed by atoms with E-state index in [1.54, 1.807) is 0 Å². The van der Waals surface area contributed by atoms with Crippen molar-refractivity contribution in [3.8, 4) is 0 Å². The minimum absolute atomic E-state index is 0.0721. The second-order valence-corrected chi connectivity index (χ2v) is 3.49. The summed E-state index contributed by atoms with van der Waals surface area (Å²) in [5.41, 5.74) is 2.21. The molecule has 0 aliphatic rings. The summed E-state index contributed by atoms with van der Waals surface area (Å²) in [5.74, 6) is 0. The standard InChI is InChI=1S/C9H6F6.C2H7N/c1-5-2-6(8(10,11)12)4-7(3-5)9(13,14)15;1-2-3/h2-4H,1H3;2-3H2,1H3. The van der Waals surface area contributed by atoms with Gasteiger partial charge in [0.1, 0.15) is 0 Å². The summed E-state index contributed by atoms with van der Waals surface area (Å²) in [7, 11) is 0. The van der Waals surface area contributed by atoms with E-state index in [0.717, 1.165) is 6.54 Å². The van der Waals surface area contributed by atoms with Gasteiger partial charge in [0.05, 0.1) is 11.1 Å². The predicted octanol–water partition coefficient (Wildman–Crippen LogP) is 4.00. The number of halogens is 6. The number of hydrogen-bond donors (Lipinski definition) is 1. The molecule has 0 aromatic heterocycles. The van der Waals surface area contributed by atoms with Crippen molar-refractivity contribution in [3.05, 3.63) is 34.9 Å². The van der Waals surface area contributed by atoms with Crippen molar-refractivity contribution in [1.29, 1.82) is 0 Å². The van der Waals surface area contributed by atoms with Gasteiger partial charge >= 0.3 is 12.4 Å². The molecule has 0 amide bonds. The predicted molar refractivity (Wildman–Crippen MR) is 55.9 cm³/mol. The molecule has 0 spiro atoms. The minimum atomic E-state index is -4.76. The van der Waals surface area contributed by atoms with E-state index in [4.69, 9.17) is 5.73 Å². The van der Waals surface area contributed by atoms with Crippen LogP contribution in [-0.4, -0.2) is 6.54 Å². The molecule has 18 heavy (non-hydrogen) atoms. The van der Waals surface area contributed by atoms with Crippen LogP contribution in [0.1, 0.15) is 23.6 Å². The molecule has 0 aliphatic carbocycles. The lowest BCUT2D eigenvalue weighted by atomic mass is 10.1. The molecule has 1 nitrogen and oxygen atoms in total. The van der Waals surface area contributed by atoms with Crippen LogP contribution in [0.3, 0.4) is 0 Å². The number of hydrogen-bond acceptors (Lipinski definition) is 1. The van der Waals surface area contributed by atoms with Gasteiger partial charge in [0.15, 0.2) is 0 Å². The van der Waals surface area contributed by atoms with Crippen LogP contribution < -0.4 is 5.73 Å². The Balaban J connectivity index is 0.000000873. The fraction of sp³-hybridized carbons (Fsp3) is 0.455. The topological polar surface area (TPSA) is 26.0 Å². The Hall–Kier alpha value is -1.24. The van der Waals surface area contributed by atoms with Crippen LogP contribution in [0.5, 0.6) is 0 Å². The Morgan fingerprint density at radius 2 is 1.17 bits per heavy atom. The quantitative estimate of drug-likeness (QED) is 0.710. The van der Waals surface area contributed by atoms with Gasteiger partial charge in [0.25, 0.3) is 0 Å². The first-order valence-electron chi connectivity index (χ1n) is 4.98. The molecule has 104 valence electrons. The second-order valence-electron chi connectivity index (χ2n) is 3.49. The van der Waals surface area contributed by atoms with Crippen LogP contribution in [0.4, 0.5) is 26.3 Å². The van der Waals surface area contributed by atoms with Crippen molar-refractivity contribution in [1.82, 2.24) is 0 Å². The molecule has 0 saturated carbocycles. The normalized spacial score (nSPS) is 11.8. The molecule has 0 bridgehead atoms. The van der Waals surface area contributed by atoms with Gasteiger partial charge in [0.2, 0.25) is 0 Å². The maximum Gasteiger partial charge on any atom is 0.416 e. The third-order valence-electron chi connectivity index (χ3n) is 1.73. The molecule has 7 heteroatoms. The number of rotatable bonds is 0. The highest BCUT2D eigenvalue weighted by atomic mass is 19.4. The van der Waals surface area contributed by atoms with Crippen LogP contribution in [0, 0.1) is 6.92 Å². The summed E-state index contributed by atoms with van der Waals surface area (Å²) in [6.45, 7) is 3.84. The Kier molecular flexibility index (Phi) is 5.66. The smallest absolute Gasteiger partial charge is 0.331 e. The molecule has 0 saturated heterocycles. The monoisotopic (exact) mass is 273 g/mol. The van der Waals surface area contributed by atoms with E-state index < -0.39 is 23.5 Å². The van der Waals surface area contributed by atoms with Crippen molar-refractivity contribution in [2.24, 2.45) is 5.73 Å². The Labute approximate surface area is 101 Å². The molecule has 1 rings (SSSR count). The van der Waals surface area contributed by atoms with E-state index in [2.05, 4.69) is 0 Å². The lowest BCUT2D eigenvalue weighted by molar-refractivity contribution is -0.143. The minimum Gasteiger partial charge on any atom is -0.331 e. The molecule has 0 heterocycles. The average molecular weight is 273 g/mol. The maximum atomic E-state index is 12.2. The lowest BCUT2D eigenvalue weighted by Crippen LogP contribution is -2.11. The highest BCUT2D eigenvalue weighted by molar-refractivity contribution is 5.32. The summed E-state index contributed by atoms with van der Waals surface area (Å²) in [6.07, 6.45) is -9.52. The first-order valence-corrected chi connectivity index (χ1v) is 4.98. The van der Waals surface area contributed by atoms with Gasteiger partial charge in [0, 0.05) is 0 Å². The van der Waals surface area contributed by atoms with Crippen molar-refractivity contribution < 1.29 is 26.3 Å². The van der Waals surface area contributed by atoms with Gasteiger partial charge in [-0.3, -0.25) is 0 Å². The van der Waals surface area contributed by atoms with Crippen LogP contribution in [-0.2, 0) is 12.4 Å². The van der Waals surface area contributed by atoms with Gasteiger partial charge in [-0.1, -0.05) is 6.92 Å². The maximum absolute atomic E-state index is 12.2. The third-order valence-corrected chi connectivity index (χ3v) is 1.73. The Bertz CT molecular complexity index is 348.